The molecular formula is C17H20FN3O2S. The number of nitrogens with one attached hydrogen (secondary N) is 2. The van der Waals surface area contributed by atoms with Crippen LogP contribution in [0.25, 0.3) is 0 Å². The molecule has 2 atom stereocenters. The molecule has 0 aliphatic heterocycles. The average molecular weight is 349 g/mol. The molecule has 2 aromatic rings. The molecule has 1 aliphatic rings. The smallest absolute Gasteiger partial charge is 0.226 e. The maximum atomic E-state index is 12.9. The van der Waals surface area contributed by atoms with Crippen molar-refractivity contribution in [3.8, 4) is 0 Å². The molecule has 0 bridgehead atoms. The van der Waals surface area contributed by atoms with Crippen LogP contribution in [0.2, 0.25) is 0 Å². The number of methoxy groups -OCH3 is 1. The lowest BCUT2D eigenvalue weighted by atomic mass is 10.1. The maximum absolute atomic E-state index is 12.9. The van der Waals surface area contributed by atoms with Gasteiger partial charge in [-0.25, -0.2) is 9.37 Å². The van der Waals surface area contributed by atoms with Crippen LogP contribution in [-0.4, -0.2) is 37.2 Å². The fourth-order valence-corrected chi connectivity index (χ4v) is 3.32. The Hall–Kier alpha value is -1.99. The summed E-state index contributed by atoms with van der Waals surface area (Å²) in [5.74, 6) is 0.0213. The van der Waals surface area contributed by atoms with E-state index in [-0.39, 0.29) is 30.1 Å². The lowest BCUT2D eigenvalue weighted by molar-refractivity contribution is -0.120. The Morgan fingerprint density at radius 1 is 1.42 bits per heavy atom. The molecule has 1 amide bonds. The van der Waals surface area contributed by atoms with Crippen molar-refractivity contribution in [1.82, 2.24) is 10.3 Å². The summed E-state index contributed by atoms with van der Waals surface area (Å²) >= 11 is 1.48. The number of thiazole rings is 1. The van der Waals surface area contributed by atoms with Crippen molar-refractivity contribution in [3.63, 3.8) is 0 Å². The van der Waals surface area contributed by atoms with Gasteiger partial charge in [0.1, 0.15) is 5.82 Å². The Labute approximate surface area is 144 Å². The second kappa shape index (κ2) is 7.72. The number of rotatable bonds is 8. The molecule has 24 heavy (non-hydrogen) atoms. The summed E-state index contributed by atoms with van der Waals surface area (Å²) in [5.41, 5.74) is 1.83. The Kier molecular flexibility index (Phi) is 5.42. The summed E-state index contributed by atoms with van der Waals surface area (Å²) in [6, 6.07) is 6.62. The van der Waals surface area contributed by atoms with Gasteiger partial charge >= 0.3 is 0 Å². The molecule has 128 valence electrons. The van der Waals surface area contributed by atoms with Gasteiger partial charge in [0.25, 0.3) is 0 Å². The maximum Gasteiger partial charge on any atom is 0.226 e. The van der Waals surface area contributed by atoms with Gasteiger partial charge in [-0.2, -0.15) is 0 Å². The number of hydrogen-bond donors (Lipinski definition) is 2. The molecule has 0 saturated heterocycles. The minimum Gasteiger partial charge on any atom is -0.383 e. The molecule has 7 heteroatoms. The summed E-state index contributed by atoms with van der Waals surface area (Å²) in [4.78, 5) is 16.5. The van der Waals surface area contributed by atoms with Crippen LogP contribution < -0.4 is 10.6 Å². The van der Waals surface area contributed by atoms with Gasteiger partial charge in [0, 0.05) is 31.0 Å². The third-order valence-corrected chi connectivity index (χ3v) is 4.76. The Morgan fingerprint density at radius 3 is 2.96 bits per heavy atom. The molecule has 0 radical (unpaired) electrons. The van der Waals surface area contributed by atoms with Crippen molar-refractivity contribution in [1.29, 1.82) is 0 Å². The molecule has 1 heterocycles. The number of ether oxygens (including phenoxy) is 1. The van der Waals surface area contributed by atoms with Gasteiger partial charge in [0.15, 0.2) is 5.13 Å². The number of aromatic nitrogens is 1. The largest absolute Gasteiger partial charge is 0.383 e. The molecule has 5 nitrogen and oxygen atoms in total. The van der Waals surface area contributed by atoms with Crippen LogP contribution in [0, 0.1) is 5.82 Å². The first-order chi connectivity index (χ1) is 11.7. The number of nitrogens with zero attached hydrogens (tertiary/aromatic N) is 1. The minimum absolute atomic E-state index is 0.0293. The van der Waals surface area contributed by atoms with Gasteiger partial charge in [0.2, 0.25) is 5.91 Å². The molecule has 1 aromatic carbocycles. The van der Waals surface area contributed by atoms with Crippen molar-refractivity contribution in [2.75, 3.05) is 25.6 Å². The van der Waals surface area contributed by atoms with Crippen molar-refractivity contribution in [2.24, 2.45) is 0 Å². The van der Waals surface area contributed by atoms with Gasteiger partial charge in [-0.3, -0.25) is 4.79 Å². The molecule has 1 fully saturated rings. The quantitative estimate of drug-likeness (QED) is 0.719. The van der Waals surface area contributed by atoms with Gasteiger partial charge < -0.3 is 15.4 Å². The summed E-state index contributed by atoms with van der Waals surface area (Å²) in [6.45, 7) is 1.30. The van der Waals surface area contributed by atoms with Gasteiger partial charge in [-0.05, 0) is 24.1 Å². The fourth-order valence-electron chi connectivity index (χ4n) is 2.58. The first-order valence-corrected chi connectivity index (χ1v) is 8.75. The number of carbonyl (C=O) groups excluding carboxylic acids is 1. The predicted molar refractivity (Wildman–Crippen MR) is 91.9 cm³/mol. The van der Waals surface area contributed by atoms with Crippen LogP contribution in [0.5, 0.6) is 0 Å². The monoisotopic (exact) mass is 349 g/mol. The first-order valence-electron chi connectivity index (χ1n) is 7.87. The van der Waals surface area contributed by atoms with E-state index in [2.05, 4.69) is 15.6 Å². The van der Waals surface area contributed by atoms with E-state index in [1.807, 2.05) is 5.38 Å². The third-order valence-electron chi connectivity index (χ3n) is 3.91. The van der Waals surface area contributed by atoms with Gasteiger partial charge in [-0.1, -0.05) is 12.1 Å². The lowest BCUT2D eigenvalue weighted by Gasteiger charge is -2.04. The number of carbonyl (C=O) groups is 1. The molecular weight excluding hydrogens is 329 g/mol. The van der Waals surface area contributed by atoms with E-state index in [1.165, 1.54) is 23.5 Å². The van der Waals surface area contributed by atoms with E-state index in [0.29, 0.717) is 13.2 Å². The highest BCUT2D eigenvalue weighted by Crippen LogP contribution is 2.40. The standard InChI is InChI=1S/C17H20FN3O2S/c1-23-7-6-19-17-20-13(10-24-17)8-16(22)21-15-9-14(15)11-2-4-12(18)5-3-11/h2-5,10,14-15H,6-9H2,1H3,(H,19,20)(H,21,22)/t14-,15+/m0/s1. The molecule has 1 aromatic heterocycles. The Balaban J connectivity index is 1.44. The zero-order valence-corrected chi connectivity index (χ0v) is 14.2. The molecule has 3 rings (SSSR count). The second-order valence-corrected chi connectivity index (χ2v) is 6.67. The molecule has 0 unspecified atom stereocenters. The van der Waals surface area contributed by atoms with E-state index in [9.17, 15) is 9.18 Å². The number of anilines is 1. The van der Waals surface area contributed by atoms with Crippen LogP contribution in [0.3, 0.4) is 0 Å². The predicted octanol–water partition coefficient (Wildman–Crippen LogP) is 2.56. The highest BCUT2D eigenvalue weighted by molar-refractivity contribution is 7.13. The third kappa shape index (κ3) is 4.52. The van der Waals surface area contributed by atoms with Crippen LogP contribution in [-0.2, 0) is 16.0 Å². The van der Waals surface area contributed by atoms with Crippen molar-refractivity contribution in [2.45, 2.75) is 24.8 Å². The SMILES string of the molecule is COCCNc1nc(CC(=O)N[C@@H]2C[C@H]2c2ccc(F)cc2)cs1. The van der Waals surface area contributed by atoms with E-state index in [1.54, 1.807) is 19.2 Å². The average Bonchev–Trinajstić information content (AvgIpc) is 3.17. The van der Waals surface area contributed by atoms with E-state index < -0.39 is 0 Å². The van der Waals surface area contributed by atoms with Crippen molar-refractivity contribution >= 4 is 22.4 Å². The molecule has 2 N–H and O–H groups in total. The number of hydrogen-bond acceptors (Lipinski definition) is 5. The summed E-state index contributed by atoms with van der Waals surface area (Å²) < 4.78 is 17.9. The summed E-state index contributed by atoms with van der Waals surface area (Å²) in [6.07, 6.45) is 1.17. The zero-order valence-electron chi connectivity index (χ0n) is 13.4. The number of amides is 1. The topological polar surface area (TPSA) is 63.2 Å². The van der Waals surface area contributed by atoms with Gasteiger partial charge in [0.05, 0.1) is 18.7 Å². The van der Waals surface area contributed by atoms with Gasteiger partial charge in [-0.15, -0.1) is 11.3 Å². The highest BCUT2D eigenvalue weighted by atomic mass is 32.1. The zero-order chi connectivity index (χ0) is 16.9. The highest BCUT2D eigenvalue weighted by Gasteiger charge is 2.39. The fraction of sp³-hybridized carbons (Fsp3) is 0.412. The van der Waals surface area contributed by atoms with E-state index in [4.69, 9.17) is 4.74 Å². The molecule has 0 spiro atoms. The second-order valence-electron chi connectivity index (χ2n) is 5.81. The van der Waals surface area contributed by atoms with Crippen LogP contribution >= 0.6 is 11.3 Å². The Morgan fingerprint density at radius 2 is 2.21 bits per heavy atom. The number of benzene rings is 1. The van der Waals surface area contributed by atoms with E-state index in [0.717, 1.165) is 22.8 Å². The van der Waals surface area contributed by atoms with Crippen molar-refractivity contribution in [3.05, 3.63) is 46.7 Å². The van der Waals surface area contributed by atoms with Crippen LogP contribution in [0.15, 0.2) is 29.6 Å². The van der Waals surface area contributed by atoms with Crippen LogP contribution in [0.1, 0.15) is 23.6 Å². The normalized spacial score (nSPS) is 19.1. The first kappa shape index (κ1) is 16.9. The number of halogens is 1. The Bertz CT molecular complexity index is 689. The summed E-state index contributed by atoms with van der Waals surface area (Å²) in [5, 5.41) is 8.85. The molecule has 1 aliphatic carbocycles. The van der Waals surface area contributed by atoms with Crippen LogP contribution in [0.4, 0.5) is 9.52 Å². The minimum atomic E-state index is -0.238. The molecule has 1 saturated carbocycles. The lowest BCUT2D eigenvalue weighted by Crippen LogP contribution is -2.28. The van der Waals surface area contributed by atoms with E-state index >= 15 is 0 Å². The van der Waals surface area contributed by atoms with Crippen molar-refractivity contribution < 1.29 is 13.9 Å². The summed E-state index contributed by atoms with van der Waals surface area (Å²) in [7, 11) is 1.65.